The van der Waals surface area contributed by atoms with E-state index in [0.29, 0.717) is 5.01 Å². The van der Waals surface area contributed by atoms with Crippen molar-refractivity contribution in [2.45, 2.75) is 6.18 Å². The van der Waals surface area contributed by atoms with E-state index in [9.17, 15) is 18.0 Å². The summed E-state index contributed by atoms with van der Waals surface area (Å²) in [6, 6.07) is 6.60. The highest BCUT2D eigenvalue weighted by Gasteiger charge is 2.34. The molecule has 1 aromatic carbocycles. The minimum absolute atomic E-state index is 0.0277. The first-order valence-electron chi connectivity index (χ1n) is 6.88. The summed E-state index contributed by atoms with van der Waals surface area (Å²) in [5, 5.41) is 4.22. The van der Waals surface area contributed by atoms with E-state index in [1.54, 1.807) is 24.5 Å². The molecular formula is C16H9ClF3N3OS. The molecule has 2 aromatic heterocycles. The molecule has 0 radical (unpaired) electrons. The van der Waals surface area contributed by atoms with E-state index in [1.807, 2.05) is 0 Å². The van der Waals surface area contributed by atoms with Crippen LogP contribution in [-0.2, 0) is 6.18 Å². The summed E-state index contributed by atoms with van der Waals surface area (Å²) >= 11 is 6.83. The number of amides is 1. The zero-order valence-corrected chi connectivity index (χ0v) is 13.9. The molecule has 0 spiro atoms. The van der Waals surface area contributed by atoms with E-state index in [2.05, 4.69) is 15.3 Å². The molecule has 0 atom stereocenters. The zero-order valence-electron chi connectivity index (χ0n) is 12.3. The molecule has 25 heavy (non-hydrogen) atoms. The third-order valence-corrected chi connectivity index (χ3v) is 4.33. The van der Waals surface area contributed by atoms with Gasteiger partial charge in [-0.25, -0.2) is 4.98 Å². The van der Waals surface area contributed by atoms with Crippen LogP contribution in [0, 0.1) is 0 Å². The monoisotopic (exact) mass is 383 g/mol. The number of carbonyl (C=O) groups is 1. The Kier molecular flexibility index (Phi) is 4.73. The first-order chi connectivity index (χ1) is 11.8. The van der Waals surface area contributed by atoms with Crippen LogP contribution >= 0.6 is 22.9 Å². The summed E-state index contributed by atoms with van der Waals surface area (Å²) in [6.45, 7) is 0. The van der Waals surface area contributed by atoms with Crippen LogP contribution in [0.3, 0.4) is 0 Å². The van der Waals surface area contributed by atoms with E-state index in [4.69, 9.17) is 11.6 Å². The highest BCUT2D eigenvalue weighted by atomic mass is 35.5. The Hall–Kier alpha value is -2.45. The van der Waals surface area contributed by atoms with Gasteiger partial charge in [0.05, 0.1) is 11.3 Å². The first kappa shape index (κ1) is 17.4. The molecule has 0 aliphatic rings. The summed E-state index contributed by atoms with van der Waals surface area (Å²) in [5.74, 6) is -0.732. The number of anilines is 1. The van der Waals surface area contributed by atoms with Gasteiger partial charge in [0, 0.05) is 28.4 Å². The van der Waals surface area contributed by atoms with Gasteiger partial charge in [-0.15, -0.1) is 11.3 Å². The molecule has 1 amide bonds. The minimum Gasteiger partial charge on any atom is -0.320 e. The van der Waals surface area contributed by atoms with Crippen molar-refractivity contribution < 1.29 is 18.0 Å². The fourth-order valence-electron chi connectivity index (χ4n) is 2.05. The molecule has 0 saturated carbocycles. The minimum atomic E-state index is -4.64. The lowest BCUT2D eigenvalue weighted by Crippen LogP contribution is -2.17. The fourth-order valence-corrected chi connectivity index (χ4v) is 3.03. The van der Waals surface area contributed by atoms with Gasteiger partial charge in [0.1, 0.15) is 10.7 Å². The molecule has 0 fully saturated rings. The van der Waals surface area contributed by atoms with Crippen molar-refractivity contribution in [2.75, 3.05) is 5.32 Å². The fraction of sp³-hybridized carbons (Fsp3) is 0.0625. The van der Waals surface area contributed by atoms with Crippen LogP contribution < -0.4 is 5.32 Å². The average Bonchev–Trinajstić information content (AvgIpc) is 3.06. The summed E-state index contributed by atoms with van der Waals surface area (Å²) in [5.41, 5.74) is -0.597. The Morgan fingerprint density at radius 3 is 2.56 bits per heavy atom. The van der Waals surface area contributed by atoms with Crippen LogP contribution in [-0.4, -0.2) is 15.9 Å². The van der Waals surface area contributed by atoms with Crippen molar-refractivity contribution in [3.05, 3.63) is 64.4 Å². The molecule has 9 heteroatoms. The number of halogens is 4. The van der Waals surface area contributed by atoms with Gasteiger partial charge in [0.15, 0.2) is 0 Å². The second-order valence-corrected chi connectivity index (χ2v) is 6.21. The molecule has 0 saturated heterocycles. The van der Waals surface area contributed by atoms with Crippen LogP contribution in [0.2, 0.25) is 5.02 Å². The van der Waals surface area contributed by atoms with Crippen molar-refractivity contribution in [1.29, 1.82) is 0 Å². The van der Waals surface area contributed by atoms with Crippen LogP contribution in [0.15, 0.2) is 48.1 Å². The third kappa shape index (κ3) is 3.97. The van der Waals surface area contributed by atoms with Crippen LogP contribution in [0.25, 0.3) is 10.6 Å². The molecule has 0 aliphatic heterocycles. The Balaban J connectivity index is 1.86. The Bertz CT molecular complexity index is 912. The summed E-state index contributed by atoms with van der Waals surface area (Å²) < 4.78 is 39.2. The van der Waals surface area contributed by atoms with E-state index < -0.39 is 17.6 Å². The lowest BCUT2D eigenvalue weighted by Gasteiger charge is -2.13. The van der Waals surface area contributed by atoms with Crippen molar-refractivity contribution >= 4 is 34.5 Å². The van der Waals surface area contributed by atoms with Crippen molar-refractivity contribution in [3.8, 4) is 10.6 Å². The van der Waals surface area contributed by atoms with E-state index in [0.717, 1.165) is 17.7 Å². The number of thiazole rings is 1. The number of rotatable bonds is 3. The lowest BCUT2D eigenvalue weighted by atomic mass is 10.1. The molecule has 4 nitrogen and oxygen atoms in total. The van der Waals surface area contributed by atoms with Crippen LogP contribution in [0.4, 0.5) is 18.9 Å². The first-order valence-corrected chi connectivity index (χ1v) is 8.14. The van der Waals surface area contributed by atoms with Crippen LogP contribution in [0.1, 0.15) is 16.1 Å². The second kappa shape index (κ2) is 6.81. The van der Waals surface area contributed by atoms with Gasteiger partial charge in [-0.3, -0.25) is 9.78 Å². The largest absolute Gasteiger partial charge is 0.418 e. The number of benzene rings is 1. The SMILES string of the molecule is O=C(Nc1ccc(Cl)cc1C(F)(F)F)c1csc(-c2ccncc2)n1. The molecule has 0 aliphatic carbocycles. The molecule has 2 heterocycles. The maximum Gasteiger partial charge on any atom is 0.418 e. The van der Waals surface area contributed by atoms with E-state index >= 15 is 0 Å². The predicted molar refractivity (Wildman–Crippen MR) is 89.8 cm³/mol. The van der Waals surface area contributed by atoms with Gasteiger partial charge in [-0.1, -0.05) is 11.6 Å². The zero-order chi connectivity index (χ0) is 18.0. The molecule has 3 rings (SSSR count). The second-order valence-electron chi connectivity index (χ2n) is 4.92. The molecule has 3 aromatic rings. The number of nitrogens with zero attached hydrogens (tertiary/aromatic N) is 2. The van der Waals surface area contributed by atoms with Gasteiger partial charge in [-0.05, 0) is 30.3 Å². The van der Waals surface area contributed by atoms with Gasteiger partial charge in [0.2, 0.25) is 0 Å². The average molecular weight is 384 g/mol. The molecular weight excluding hydrogens is 375 g/mol. The quantitative estimate of drug-likeness (QED) is 0.682. The van der Waals surface area contributed by atoms with Gasteiger partial charge >= 0.3 is 6.18 Å². The Morgan fingerprint density at radius 1 is 1.16 bits per heavy atom. The van der Waals surface area contributed by atoms with Crippen LogP contribution in [0.5, 0.6) is 0 Å². The summed E-state index contributed by atoms with van der Waals surface area (Å²) in [4.78, 5) is 20.3. The Morgan fingerprint density at radius 2 is 1.88 bits per heavy atom. The van der Waals surface area contributed by atoms with Crippen molar-refractivity contribution in [2.24, 2.45) is 0 Å². The number of hydrogen-bond acceptors (Lipinski definition) is 4. The highest BCUT2D eigenvalue weighted by Crippen LogP contribution is 2.36. The molecule has 1 N–H and O–H groups in total. The molecule has 0 unspecified atom stereocenters. The summed E-state index contributed by atoms with van der Waals surface area (Å²) in [6.07, 6.45) is -1.47. The number of alkyl halides is 3. The van der Waals surface area contributed by atoms with E-state index in [-0.39, 0.29) is 16.4 Å². The van der Waals surface area contributed by atoms with Crippen molar-refractivity contribution in [1.82, 2.24) is 9.97 Å². The lowest BCUT2D eigenvalue weighted by molar-refractivity contribution is -0.136. The molecule has 0 bridgehead atoms. The number of nitrogens with one attached hydrogen (secondary N) is 1. The summed E-state index contributed by atoms with van der Waals surface area (Å²) in [7, 11) is 0. The standard InChI is InChI=1S/C16H9ClF3N3OS/c17-10-1-2-12(11(7-10)16(18,19)20)22-14(24)13-8-25-15(23-13)9-3-5-21-6-4-9/h1-8H,(H,22,24). The highest BCUT2D eigenvalue weighted by molar-refractivity contribution is 7.13. The maximum absolute atomic E-state index is 13.1. The number of hydrogen-bond donors (Lipinski definition) is 1. The van der Waals surface area contributed by atoms with E-state index in [1.165, 1.54) is 22.8 Å². The van der Waals surface area contributed by atoms with Gasteiger partial charge in [-0.2, -0.15) is 13.2 Å². The number of aromatic nitrogens is 2. The third-order valence-electron chi connectivity index (χ3n) is 3.20. The van der Waals surface area contributed by atoms with Gasteiger partial charge < -0.3 is 5.32 Å². The maximum atomic E-state index is 13.1. The topological polar surface area (TPSA) is 54.9 Å². The Labute approximate surface area is 149 Å². The normalized spacial score (nSPS) is 11.4. The van der Waals surface area contributed by atoms with Gasteiger partial charge in [0.25, 0.3) is 5.91 Å². The predicted octanol–water partition coefficient (Wildman–Crippen LogP) is 5.13. The number of carbonyl (C=O) groups excluding carboxylic acids is 1. The molecule has 128 valence electrons. The smallest absolute Gasteiger partial charge is 0.320 e. The van der Waals surface area contributed by atoms with Crippen molar-refractivity contribution in [3.63, 3.8) is 0 Å². The number of pyridine rings is 1.